The van der Waals surface area contributed by atoms with Crippen molar-refractivity contribution in [1.29, 1.82) is 0 Å². The van der Waals surface area contributed by atoms with E-state index >= 15 is 0 Å². The number of Topliss-reactive ketones (excluding diaryl/α,β-unsaturated/α-hetero) is 1. The van der Waals surface area contributed by atoms with Crippen LogP contribution in [0.3, 0.4) is 0 Å². The first kappa shape index (κ1) is 24.2. The third-order valence-electron chi connectivity index (χ3n) is 4.65. The molecule has 1 aromatic heterocycles. The van der Waals surface area contributed by atoms with E-state index in [1.165, 1.54) is 11.6 Å². The van der Waals surface area contributed by atoms with Gasteiger partial charge in [-0.05, 0) is 30.4 Å². The van der Waals surface area contributed by atoms with Crippen LogP contribution in [0.5, 0.6) is 0 Å². The fourth-order valence-electron chi connectivity index (χ4n) is 3.10. The number of alkyl halides is 6. The minimum absolute atomic E-state index is 0.370. The number of piperidine rings is 1. The number of nitrogens with one attached hydrogen (secondary N) is 1. The summed E-state index contributed by atoms with van der Waals surface area (Å²) in [5, 5.41) is 8.78. The van der Waals surface area contributed by atoms with Crippen molar-refractivity contribution in [2.45, 2.75) is 31.1 Å². The van der Waals surface area contributed by atoms with Gasteiger partial charge in [-0.15, -0.1) is 0 Å². The van der Waals surface area contributed by atoms with Gasteiger partial charge in [0.05, 0.1) is 24.8 Å². The zero-order valence-electron chi connectivity index (χ0n) is 16.0. The molecule has 11 heteroatoms. The van der Waals surface area contributed by atoms with Crippen molar-refractivity contribution < 1.29 is 46.0 Å². The van der Waals surface area contributed by atoms with Crippen molar-refractivity contribution in [3.8, 4) is 0 Å². The molecule has 0 bridgehead atoms. The molecule has 0 amide bonds. The first-order valence-corrected chi connectivity index (χ1v) is 9.11. The van der Waals surface area contributed by atoms with Gasteiger partial charge in [-0.25, -0.2) is 4.98 Å². The van der Waals surface area contributed by atoms with Crippen LogP contribution >= 0.6 is 0 Å². The molecule has 1 saturated heterocycles. The molecule has 1 aromatic carbocycles. The van der Waals surface area contributed by atoms with E-state index in [4.69, 9.17) is 9.90 Å². The summed E-state index contributed by atoms with van der Waals surface area (Å²) >= 11 is 0. The number of halogens is 6. The molecule has 0 radical (unpaired) electrons. The van der Waals surface area contributed by atoms with Crippen molar-refractivity contribution in [2.24, 2.45) is 0 Å². The van der Waals surface area contributed by atoms with Gasteiger partial charge in [0.2, 0.25) is 0 Å². The minimum Gasteiger partial charge on any atom is -0.542 e. The topological polar surface area (TPSA) is 74.6 Å². The Morgan fingerprint density at radius 2 is 1.45 bits per heavy atom. The Labute approximate surface area is 173 Å². The van der Waals surface area contributed by atoms with E-state index in [-0.39, 0.29) is 5.56 Å². The highest BCUT2D eigenvalue weighted by Crippen LogP contribution is 2.29. The van der Waals surface area contributed by atoms with Gasteiger partial charge in [0.1, 0.15) is 5.97 Å². The van der Waals surface area contributed by atoms with Gasteiger partial charge in [0.25, 0.3) is 11.6 Å². The van der Waals surface area contributed by atoms with Gasteiger partial charge in [-0.1, -0.05) is 30.3 Å². The molecule has 168 valence electrons. The number of carboxylic acids is 1. The quantitative estimate of drug-likeness (QED) is 0.535. The summed E-state index contributed by atoms with van der Waals surface area (Å²) in [6.07, 6.45) is -6.93. The second kappa shape index (κ2) is 9.80. The number of anilines is 1. The normalized spacial score (nSPS) is 15.1. The molecule has 0 unspecified atom stereocenters. The molecule has 1 fully saturated rings. The number of aromatic nitrogens is 1. The Bertz CT molecular complexity index is 875. The zero-order chi connectivity index (χ0) is 23.2. The van der Waals surface area contributed by atoms with E-state index in [9.17, 15) is 31.1 Å². The van der Waals surface area contributed by atoms with E-state index in [0.717, 1.165) is 37.9 Å². The maximum Gasteiger partial charge on any atom is 0.455 e. The first-order valence-electron chi connectivity index (χ1n) is 9.11. The van der Waals surface area contributed by atoms with Crippen molar-refractivity contribution in [3.63, 3.8) is 0 Å². The van der Waals surface area contributed by atoms with E-state index < -0.39 is 24.1 Å². The van der Waals surface area contributed by atoms with E-state index in [2.05, 4.69) is 22.0 Å². The summed E-state index contributed by atoms with van der Waals surface area (Å²) < 4.78 is 68.8. The third kappa shape index (κ3) is 6.97. The molecule has 0 aliphatic carbocycles. The number of benzene rings is 1. The van der Waals surface area contributed by atoms with Crippen molar-refractivity contribution in [2.75, 3.05) is 18.0 Å². The fourth-order valence-corrected chi connectivity index (χ4v) is 3.10. The number of hydrogen-bond donors (Lipinski definition) is 0. The van der Waals surface area contributed by atoms with E-state index in [1.54, 1.807) is 6.07 Å². The monoisotopic (exact) mass is 448 g/mol. The second-order valence-corrected chi connectivity index (χ2v) is 6.75. The Hall–Kier alpha value is -3.11. The molecule has 1 aliphatic heterocycles. The first-order chi connectivity index (χ1) is 14.4. The minimum atomic E-state index is -5.19. The number of H-pyrrole nitrogens is 1. The zero-order valence-corrected chi connectivity index (χ0v) is 16.0. The number of carboxylic acid groups (broad SMARTS) is 1. The van der Waals surface area contributed by atoms with E-state index in [0.29, 0.717) is 5.92 Å². The molecule has 5 nitrogen and oxygen atoms in total. The van der Waals surface area contributed by atoms with Crippen LogP contribution in [0.15, 0.2) is 48.7 Å². The maximum absolute atomic E-state index is 12.4. The van der Waals surface area contributed by atoms with Crippen LogP contribution in [0.1, 0.15) is 34.7 Å². The van der Waals surface area contributed by atoms with Crippen molar-refractivity contribution in [1.82, 2.24) is 0 Å². The van der Waals surface area contributed by atoms with Crippen LogP contribution in [0, 0.1) is 0 Å². The number of aromatic amines is 1. The molecule has 3 rings (SSSR count). The lowest BCUT2D eigenvalue weighted by molar-refractivity contribution is -0.364. The highest BCUT2D eigenvalue weighted by atomic mass is 19.4. The Kier molecular flexibility index (Phi) is 7.64. The summed E-state index contributed by atoms with van der Waals surface area (Å²) in [7, 11) is 0. The maximum atomic E-state index is 12.4. The number of aliphatic carboxylic acids is 1. The van der Waals surface area contributed by atoms with Gasteiger partial charge in [0, 0.05) is 6.07 Å². The largest absolute Gasteiger partial charge is 0.542 e. The molecular formula is C20H18F6N2O3. The summed E-state index contributed by atoms with van der Waals surface area (Å²) in [5.41, 5.74) is 0.956. The van der Waals surface area contributed by atoms with Gasteiger partial charge in [-0.3, -0.25) is 9.69 Å². The number of nitrogens with zero attached hydrogens (tertiary/aromatic N) is 1. The summed E-state index contributed by atoms with van der Waals surface area (Å²) in [4.78, 5) is 24.9. The van der Waals surface area contributed by atoms with Crippen molar-refractivity contribution in [3.05, 3.63) is 59.8 Å². The van der Waals surface area contributed by atoms with Gasteiger partial charge < -0.3 is 9.90 Å². The van der Waals surface area contributed by atoms with Gasteiger partial charge in [0.15, 0.2) is 0 Å². The highest BCUT2D eigenvalue weighted by molar-refractivity contribution is 5.99. The molecule has 1 aliphatic rings. The second-order valence-electron chi connectivity index (χ2n) is 6.75. The summed E-state index contributed by atoms with van der Waals surface area (Å²) in [6, 6.07) is 13.1. The van der Waals surface area contributed by atoms with Crippen LogP contribution in [-0.2, 0) is 4.79 Å². The lowest BCUT2D eigenvalue weighted by Crippen LogP contribution is -2.37. The number of hydrogen-bond acceptors (Lipinski definition) is 4. The summed E-state index contributed by atoms with van der Waals surface area (Å²) in [6.45, 7) is 1.64. The molecule has 0 atom stereocenters. The number of pyridine rings is 1. The standard InChI is InChI=1S/C18H17F3N2O.C2HF3O2/c19-18(20,21)17(24)15-6-7-16(22-12-15)23-10-8-14(9-11-23)13-4-2-1-3-5-13;3-2(4,5)1(6)7/h1-7,12,14H,8-11H2;(H,6,7). The number of carbonyl (C=O) groups excluding carboxylic acids is 2. The number of carbonyl (C=O) groups is 2. The Morgan fingerprint density at radius 1 is 0.903 bits per heavy atom. The average molecular weight is 448 g/mol. The lowest BCUT2D eigenvalue weighted by atomic mass is 9.89. The summed E-state index contributed by atoms with van der Waals surface area (Å²) in [5.74, 6) is -3.59. The van der Waals surface area contributed by atoms with Crippen LogP contribution in [0.25, 0.3) is 0 Å². The smallest absolute Gasteiger partial charge is 0.455 e. The molecular weight excluding hydrogens is 430 g/mol. The van der Waals surface area contributed by atoms with Crippen LogP contribution < -0.4 is 15.0 Å². The van der Waals surface area contributed by atoms with Crippen LogP contribution in [-0.4, -0.2) is 37.2 Å². The van der Waals surface area contributed by atoms with E-state index in [1.807, 2.05) is 18.2 Å². The number of ketones is 1. The Balaban J connectivity index is 0.000000423. The highest BCUT2D eigenvalue weighted by Gasteiger charge is 2.40. The predicted octanol–water partition coefficient (Wildman–Crippen LogP) is 2.93. The molecule has 1 N–H and O–H groups in total. The molecule has 2 aromatic rings. The van der Waals surface area contributed by atoms with Gasteiger partial charge in [-0.2, -0.15) is 26.3 Å². The molecule has 0 spiro atoms. The Morgan fingerprint density at radius 3 is 1.87 bits per heavy atom. The van der Waals surface area contributed by atoms with Crippen molar-refractivity contribution >= 4 is 17.6 Å². The SMILES string of the molecule is O=C([O-])C(F)(F)F.O=C(c1ccc(N2CCC(c3ccccc3)CC2)[nH+]c1)C(F)(F)F. The molecule has 2 heterocycles. The third-order valence-corrected chi connectivity index (χ3v) is 4.65. The number of rotatable bonds is 3. The molecule has 31 heavy (non-hydrogen) atoms. The van der Waals surface area contributed by atoms with Gasteiger partial charge >= 0.3 is 12.4 Å². The predicted molar refractivity (Wildman–Crippen MR) is 95.1 cm³/mol. The molecule has 0 saturated carbocycles. The fraction of sp³-hybridized carbons (Fsp3) is 0.350. The van der Waals surface area contributed by atoms with Crippen LogP contribution in [0.4, 0.5) is 32.2 Å². The average Bonchev–Trinajstić information content (AvgIpc) is 2.73. The lowest BCUT2D eigenvalue weighted by Gasteiger charge is -2.28. The van der Waals surface area contributed by atoms with Crippen LogP contribution in [0.2, 0.25) is 0 Å².